The number of hydrogen-bond donors (Lipinski definition) is 2. The summed E-state index contributed by atoms with van der Waals surface area (Å²) in [6.07, 6.45) is 0.840. The Morgan fingerprint density at radius 1 is 1.54 bits per heavy atom. The van der Waals surface area contributed by atoms with E-state index in [0.29, 0.717) is 0 Å². The SMILES string of the molecule is CC[C@H](C)[C@H]([NH3+])C(=O)NCC(=O)[O-]. The highest BCUT2D eigenvalue weighted by Crippen LogP contribution is 2.02. The largest absolute Gasteiger partial charge is 0.548 e. The standard InChI is InChI=1S/C8H16N2O3/c1-3-5(2)7(9)8(13)10-4-6(11)12/h5,7H,3-4,9H2,1-2H3,(H,10,13)(H,11,12)/t5-,7-/m0/s1. The van der Waals surface area contributed by atoms with Gasteiger partial charge >= 0.3 is 0 Å². The Balaban J connectivity index is 3.89. The highest BCUT2D eigenvalue weighted by atomic mass is 16.4. The van der Waals surface area contributed by atoms with Crippen LogP contribution in [0.15, 0.2) is 0 Å². The first-order valence-electron chi connectivity index (χ1n) is 4.29. The Morgan fingerprint density at radius 2 is 2.08 bits per heavy atom. The van der Waals surface area contributed by atoms with Crippen LogP contribution in [-0.4, -0.2) is 24.5 Å². The predicted octanol–water partition coefficient (Wildman–Crippen LogP) is -2.49. The number of nitrogens with one attached hydrogen (secondary N) is 1. The summed E-state index contributed by atoms with van der Waals surface area (Å²) in [4.78, 5) is 21.2. The van der Waals surface area contributed by atoms with Gasteiger partial charge in [0.2, 0.25) is 0 Å². The maximum absolute atomic E-state index is 11.2. The normalized spacial score (nSPS) is 14.7. The number of aliphatic carboxylic acids is 1. The van der Waals surface area contributed by atoms with Gasteiger partial charge in [-0.2, -0.15) is 0 Å². The summed E-state index contributed by atoms with van der Waals surface area (Å²) in [6, 6.07) is -0.399. The quantitative estimate of drug-likeness (QED) is 0.499. The third-order valence-corrected chi connectivity index (χ3v) is 2.07. The summed E-state index contributed by atoms with van der Waals surface area (Å²) in [5.74, 6) is -1.47. The Hall–Kier alpha value is -1.10. The van der Waals surface area contributed by atoms with Crippen LogP contribution in [0.3, 0.4) is 0 Å². The van der Waals surface area contributed by atoms with Crippen LogP contribution in [0, 0.1) is 5.92 Å². The summed E-state index contributed by atoms with van der Waals surface area (Å²) in [5.41, 5.74) is 3.66. The first-order chi connectivity index (χ1) is 5.99. The zero-order chi connectivity index (χ0) is 10.4. The lowest BCUT2D eigenvalue weighted by atomic mass is 9.99. The van der Waals surface area contributed by atoms with Crippen LogP contribution in [0.4, 0.5) is 0 Å². The number of rotatable bonds is 5. The monoisotopic (exact) mass is 188 g/mol. The zero-order valence-electron chi connectivity index (χ0n) is 8.00. The van der Waals surface area contributed by atoms with Gasteiger partial charge in [0.05, 0.1) is 12.5 Å². The molecule has 0 fully saturated rings. The van der Waals surface area contributed by atoms with E-state index >= 15 is 0 Å². The molecule has 2 atom stereocenters. The molecule has 0 heterocycles. The van der Waals surface area contributed by atoms with E-state index in [-0.39, 0.29) is 11.8 Å². The summed E-state index contributed by atoms with van der Waals surface area (Å²) in [6.45, 7) is 3.41. The van der Waals surface area contributed by atoms with Crippen molar-refractivity contribution in [1.29, 1.82) is 0 Å². The molecule has 0 aromatic carbocycles. The van der Waals surface area contributed by atoms with Gasteiger partial charge in [0.25, 0.3) is 5.91 Å². The molecule has 0 aliphatic carbocycles. The minimum absolute atomic E-state index is 0.154. The van der Waals surface area contributed by atoms with E-state index in [0.717, 1.165) is 6.42 Å². The van der Waals surface area contributed by atoms with Crippen LogP contribution in [-0.2, 0) is 9.59 Å². The van der Waals surface area contributed by atoms with Gasteiger partial charge in [-0.05, 0) is 6.42 Å². The summed E-state index contributed by atoms with van der Waals surface area (Å²) >= 11 is 0. The molecule has 13 heavy (non-hydrogen) atoms. The van der Waals surface area contributed by atoms with Crippen LogP contribution in [0.25, 0.3) is 0 Å². The van der Waals surface area contributed by atoms with E-state index in [9.17, 15) is 14.7 Å². The maximum atomic E-state index is 11.2. The second-order valence-corrected chi connectivity index (χ2v) is 3.08. The lowest BCUT2D eigenvalue weighted by molar-refractivity contribution is -0.415. The molecular weight excluding hydrogens is 172 g/mol. The number of carbonyl (C=O) groups is 2. The lowest BCUT2D eigenvalue weighted by Crippen LogP contribution is -2.70. The zero-order valence-corrected chi connectivity index (χ0v) is 8.00. The van der Waals surface area contributed by atoms with Crippen LogP contribution in [0.1, 0.15) is 20.3 Å². The van der Waals surface area contributed by atoms with Crippen molar-refractivity contribution in [3.05, 3.63) is 0 Å². The number of carboxylic acids is 1. The predicted molar refractivity (Wildman–Crippen MR) is 44.1 cm³/mol. The van der Waals surface area contributed by atoms with Crippen LogP contribution >= 0.6 is 0 Å². The summed E-state index contributed by atoms with van der Waals surface area (Å²) < 4.78 is 0. The molecule has 0 aliphatic rings. The van der Waals surface area contributed by atoms with E-state index in [1.807, 2.05) is 13.8 Å². The third kappa shape index (κ3) is 4.47. The molecule has 0 aliphatic heterocycles. The van der Waals surface area contributed by atoms with Crippen molar-refractivity contribution in [3.8, 4) is 0 Å². The number of carboxylic acid groups (broad SMARTS) is 1. The average molecular weight is 188 g/mol. The van der Waals surface area contributed by atoms with Crippen molar-refractivity contribution >= 4 is 11.9 Å². The highest BCUT2D eigenvalue weighted by molar-refractivity contribution is 5.83. The molecule has 76 valence electrons. The minimum atomic E-state index is -1.29. The average Bonchev–Trinajstić information content (AvgIpc) is 2.11. The molecule has 0 rings (SSSR count). The van der Waals surface area contributed by atoms with Crippen LogP contribution < -0.4 is 16.2 Å². The van der Waals surface area contributed by atoms with Gasteiger partial charge in [-0.25, -0.2) is 0 Å². The summed E-state index contributed by atoms with van der Waals surface area (Å²) in [5, 5.41) is 12.3. The van der Waals surface area contributed by atoms with Gasteiger partial charge in [0.15, 0.2) is 6.04 Å². The smallest absolute Gasteiger partial charge is 0.278 e. The highest BCUT2D eigenvalue weighted by Gasteiger charge is 2.22. The van der Waals surface area contributed by atoms with Crippen molar-refractivity contribution in [2.75, 3.05) is 6.54 Å². The van der Waals surface area contributed by atoms with E-state index in [4.69, 9.17) is 0 Å². The maximum Gasteiger partial charge on any atom is 0.278 e. The van der Waals surface area contributed by atoms with Gasteiger partial charge in [0, 0.05) is 5.92 Å². The first-order valence-corrected chi connectivity index (χ1v) is 4.29. The minimum Gasteiger partial charge on any atom is -0.548 e. The van der Waals surface area contributed by atoms with Crippen molar-refractivity contribution in [3.63, 3.8) is 0 Å². The van der Waals surface area contributed by atoms with Crippen LogP contribution in [0.2, 0.25) is 0 Å². The molecule has 1 amide bonds. The Morgan fingerprint density at radius 3 is 2.46 bits per heavy atom. The molecule has 0 radical (unpaired) electrons. The fourth-order valence-electron chi connectivity index (χ4n) is 0.833. The van der Waals surface area contributed by atoms with E-state index in [1.165, 1.54) is 0 Å². The number of quaternary nitrogens is 1. The van der Waals surface area contributed by atoms with Crippen molar-refractivity contribution in [2.24, 2.45) is 5.92 Å². The topological polar surface area (TPSA) is 96.9 Å². The Bertz CT molecular complexity index is 194. The molecule has 0 bridgehead atoms. The molecule has 0 saturated heterocycles. The fraction of sp³-hybridized carbons (Fsp3) is 0.750. The lowest BCUT2D eigenvalue weighted by Gasteiger charge is -2.14. The third-order valence-electron chi connectivity index (χ3n) is 2.07. The van der Waals surface area contributed by atoms with Crippen molar-refractivity contribution in [2.45, 2.75) is 26.3 Å². The van der Waals surface area contributed by atoms with Crippen LogP contribution in [0.5, 0.6) is 0 Å². The Kier molecular flexibility index (Phi) is 5.06. The molecule has 5 heteroatoms. The van der Waals surface area contributed by atoms with E-state index in [1.54, 1.807) is 0 Å². The van der Waals surface area contributed by atoms with Gasteiger partial charge < -0.3 is 21.0 Å². The Labute approximate surface area is 77.3 Å². The van der Waals surface area contributed by atoms with Crippen molar-refractivity contribution < 1.29 is 20.4 Å². The second-order valence-electron chi connectivity index (χ2n) is 3.08. The summed E-state index contributed by atoms with van der Waals surface area (Å²) in [7, 11) is 0. The molecule has 0 aromatic heterocycles. The number of amides is 1. The molecule has 5 nitrogen and oxygen atoms in total. The first kappa shape index (κ1) is 11.9. The van der Waals surface area contributed by atoms with Crippen molar-refractivity contribution in [1.82, 2.24) is 5.32 Å². The molecule has 0 spiro atoms. The fourth-order valence-corrected chi connectivity index (χ4v) is 0.833. The van der Waals surface area contributed by atoms with Gasteiger partial charge in [0.1, 0.15) is 0 Å². The second kappa shape index (κ2) is 5.53. The van der Waals surface area contributed by atoms with E-state index in [2.05, 4.69) is 11.1 Å². The molecule has 0 saturated carbocycles. The van der Waals surface area contributed by atoms with E-state index < -0.39 is 18.6 Å². The molecule has 0 aromatic rings. The van der Waals surface area contributed by atoms with Gasteiger partial charge in [-0.15, -0.1) is 0 Å². The number of hydrogen-bond acceptors (Lipinski definition) is 3. The van der Waals surface area contributed by atoms with Gasteiger partial charge in [-0.1, -0.05) is 13.8 Å². The molecular formula is C8H16N2O3. The molecule has 0 unspecified atom stereocenters. The molecule has 4 N–H and O–H groups in total. The number of carbonyl (C=O) groups excluding carboxylic acids is 2. The van der Waals surface area contributed by atoms with Gasteiger partial charge in [-0.3, -0.25) is 4.79 Å².